The fourth-order valence-corrected chi connectivity index (χ4v) is 3.82. The maximum Gasteiger partial charge on any atom is 0.0705 e. The number of aromatic nitrogens is 1. The first kappa shape index (κ1) is 16.1. The molecule has 23 heavy (non-hydrogen) atoms. The molecule has 0 amide bonds. The second-order valence-electron chi connectivity index (χ2n) is 6.03. The molecular weight excluding hydrogens is 304 g/mol. The van der Waals surface area contributed by atoms with Crippen LogP contribution in [0.1, 0.15) is 22.9 Å². The van der Waals surface area contributed by atoms with Gasteiger partial charge in [-0.25, -0.2) is 0 Å². The van der Waals surface area contributed by atoms with E-state index in [0.717, 1.165) is 18.6 Å². The molecule has 0 saturated heterocycles. The van der Waals surface area contributed by atoms with Gasteiger partial charge in [0.2, 0.25) is 0 Å². The van der Waals surface area contributed by atoms with Crippen LogP contribution < -0.4 is 0 Å². The van der Waals surface area contributed by atoms with Crippen LogP contribution in [0.2, 0.25) is 0 Å². The molecule has 0 spiro atoms. The van der Waals surface area contributed by atoms with Gasteiger partial charge in [-0.3, -0.25) is 9.88 Å². The molecular formula is C19H22N2OS. The zero-order valence-corrected chi connectivity index (χ0v) is 14.4. The molecule has 0 bridgehead atoms. The van der Waals surface area contributed by atoms with Crippen LogP contribution in [0.4, 0.5) is 0 Å². The summed E-state index contributed by atoms with van der Waals surface area (Å²) in [5.41, 5.74) is 3.60. The van der Waals surface area contributed by atoms with E-state index in [2.05, 4.69) is 46.5 Å². The molecule has 3 nitrogen and oxygen atoms in total. The Morgan fingerprint density at radius 2 is 2.04 bits per heavy atom. The number of nitrogens with zero attached hydrogens (tertiary/aromatic N) is 2. The fourth-order valence-electron chi connectivity index (χ4n) is 2.87. The zero-order valence-electron chi connectivity index (χ0n) is 13.6. The minimum atomic E-state index is -0.344. The monoisotopic (exact) mass is 326 g/mol. The van der Waals surface area contributed by atoms with Gasteiger partial charge < -0.3 is 5.11 Å². The minimum absolute atomic E-state index is 0.344. The lowest BCUT2D eigenvalue weighted by molar-refractivity contribution is 0.119. The number of hydrogen-bond acceptors (Lipinski definition) is 4. The number of benzene rings is 1. The van der Waals surface area contributed by atoms with Gasteiger partial charge in [-0.2, -0.15) is 0 Å². The third-order valence-corrected chi connectivity index (χ3v) is 5.00. The molecule has 4 heteroatoms. The molecule has 1 atom stereocenters. The van der Waals surface area contributed by atoms with Crippen LogP contribution in [-0.4, -0.2) is 27.6 Å². The van der Waals surface area contributed by atoms with Crippen molar-refractivity contribution in [3.63, 3.8) is 0 Å². The van der Waals surface area contributed by atoms with E-state index in [1.165, 1.54) is 21.4 Å². The fraction of sp³-hybridized carbons (Fsp3) is 0.316. The van der Waals surface area contributed by atoms with Gasteiger partial charge in [-0.1, -0.05) is 18.2 Å². The van der Waals surface area contributed by atoms with Gasteiger partial charge in [0.25, 0.3) is 0 Å². The minimum Gasteiger partial charge on any atom is -0.392 e. The molecule has 0 fully saturated rings. The van der Waals surface area contributed by atoms with Crippen molar-refractivity contribution >= 4 is 22.2 Å². The predicted molar refractivity (Wildman–Crippen MR) is 96.6 cm³/mol. The van der Waals surface area contributed by atoms with Crippen LogP contribution in [-0.2, 0) is 13.1 Å². The highest BCUT2D eigenvalue weighted by Gasteiger charge is 2.13. The predicted octanol–water partition coefficient (Wildman–Crippen LogP) is 3.99. The third kappa shape index (κ3) is 3.96. The third-order valence-electron chi connectivity index (χ3n) is 3.99. The van der Waals surface area contributed by atoms with Crippen molar-refractivity contribution in [2.24, 2.45) is 0 Å². The number of aliphatic hydroxyl groups excluding tert-OH is 1. The Kier molecular flexibility index (Phi) is 5.06. The van der Waals surface area contributed by atoms with E-state index < -0.39 is 0 Å². The van der Waals surface area contributed by atoms with E-state index in [4.69, 9.17) is 0 Å². The van der Waals surface area contributed by atoms with Crippen LogP contribution in [0.25, 0.3) is 10.9 Å². The van der Waals surface area contributed by atoms with Crippen LogP contribution in [0.5, 0.6) is 0 Å². The van der Waals surface area contributed by atoms with Gasteiger partial charge in [0, 0.05) is 36.1 Å². The average Bonchev–Trinajstić information content (AvgIpc) is 2.92. The average molecular weight is 326 g/mol. The first-order valence-electron chi connectivity index (χ1n) is 7.89. The van der Waals surface area contributed by atoms with Crippen molar-refractivity contribution in [3.8, 4) is 0 Å². The first-order valence-corrected chi connectivity index (χ1v) is 8.77. The van der Waals surface area contributed by atoms with Gasteiger partial charge in [0.1, 0.15) is 0 Å². The van der Waals surface area contributed by atoms with Gasteiger partial charge in [-0.15, -0.1) is 11.3 Å². The van der Waals surface area contributed by atoms with E-state index in [1.54, 1.807) is 11.3 Å². The highest BCUT2D eigenvalue weighted by atomic mass is 32.1. The number of thiophene rings is 1. The molecule has 3 aromatic rings. The standard InChI is InChI=1S/C19H22N2OS/c1-14-8-10-23-19(14)13-21(11-15(2)22)12-16-5-3-7-18-17(16)6-4-9-20-18/h3-10,15,22H,11-13H2,1-2H3. The van der Waals surface area contributed by atoms with Crippen LogP contribution >= 0.6 is 11.3 Å². The van der Waals surface area contributed by atoms with Crippen molar-refractivity contribution in [3.05, 3.63) is 64.0 Å². The smallest absolute Gasteiger partial charge is 0.0705 e. The molecule has 0 aliphatic rings. The van der Waals surface area contributed by atoms with Crippen molar-refractivity contribution in [2.45, 2.75) is 33.0 Å². The van der Waals surface area contributed by atoms with Crippen LogP contribution in [0.3, 0.4) is 0 Å². The lowest BCUT2D eigenvalue weighted by atomic mass is 10.1. The SMILES string of the molecule is Cc1ccsc1CN(Cc1cccc2ncccc12)CC(C)O. The van der Waals surface area contributed by atoms with Crippen LogP contribution in [0, 0.1) is 6.92 Å². The normalized spacial score (nSPS) is 12.9. The van der Waals surface area contributed by atoms with Crippen LogP contribution in [0.15, 0.2) is 48.0 Å². The van der Waals surface area contributed by atoms with Gasteiger partial charge in [0.15, 0.2) is 0 Å². The molecule has 2 aromatic heterocycles. The quantitative estimate of drug-likeness (QED) is 0.744. The summed E-state index contributed by atoms with van der Waals surface area (Å²) in [5.74, 6) is 0. The number of aliphatic hydroxyl groups is 1. The number of rotatable bonds is 6. The molecule has 0 aliphatic carbocycles. The van der Waals surface area contributed by atoms with E-state index in [1.807, 2.05) is 25.3 Å². The molecule has 120 valence electrons. The Labute approximate surface area is 141 Å². The molecule has 0 aliphatic heterocycles. The summed E-state index contributed by atoms with van der Waals surface area (Å²) in [6, 6.07) is 12.5. The molecule has 1 N–H and O–H groups in total. The summed E-state index contributed by atoms with van der Waals surface area (Å²) in [5, 5.41) is 13.2. The molecule has 2 heterocycles. The van der Waals surface area contributed by atoms with E-state index in [9.17, 15) is 5.11 Å². The Bertz CT molecular complexity index is 776. The second-order valence-corrected chi connectivity index (χ2v) is 7.03. The number of pyridine rings is 1. The van der Waals surface area contributed by atoms with Crippen molar-refractivity contribution in [1.82, 2.24) is 9.88 Å². The van der Waals surface area contributed by atoms with Crippen molar-refractivity contribution < 1.29 is 5.11 Å². The Morgan fingerprint density at radius 3 is 2.78 bits per heavy atom. The Morgan fingerprint density at radius 1 is 1.17 bits per heavy atom. The molecule has 1 aromatic carbocycles. The topological polar surface area (TPSA) is 36.4 Å². The maximum atomic E-state index is 9.86. The molecule has 0 radical (unpaired) electrons. The Balaban J connectivity index is 1.86. The summed E-state index contributed by atoms with van der Waals surface area (Å²) in [6.07, 6.45) is 1.48. The highest BCUT2D eigenvalue weighted by molar-refractivity contribution is 7.10. The van der Waals surface area contributed by atoms with Gasteiger partial charge in [0.05, 0.1) is 11.6 Å². The lowest BCUT2D eigenvalue weighted by Gasteiger charge is -2.24. The summed E-state index contributed by atoms with van der Waals surface area (Å²) in [6.45, 7) is 6.33. The van der Waals surface area contributed by atoms with E-state index in [0.29, 0.717) is 6.54 Å². The van der Waals surface area contributed by atoms with Gasteiger partial charge >= 0.3 is 0 Å². The molecule has 1 unspecified atom stereocenters. The molecule has 0 saturated carbocycles. The van der Waals surface area contributed by atoms with Gasteiger partial charge in [-0.05, 0) is 48.6 Å². The summed E-state index contributed by atoms with van der Waals surface area (Å²) in [7, 11) is 0. The maximum absolute atomic E-state index is 9.86. The summed E-state index contributed by atoms with van der Waals surface area (Å²) in [4.78, 5) is 8.11. The van der Waals surface area contributed by atoms with Crippen molar-refractivity contribution in [1.29, 1.82) is 0 Å². The van der Waals surface area contributed by atoms with E-state index >= 15 is 0 Å². The lowest BCUT2D eigenvalue weighted by Crippen LogP contribution is -2.30. The Hall–Kier alpha value is -1.75. The summed E-state index contributed by atoms with van der Waals surface area (Å²) < 4.78 is 0. The highest BCUT2D eigenvalue weighted by Crippen LogP contribution is 2.22. The number of aryl methyl sites for hydroxylation is 1. The summed E-state index contributed by atoms with van der Waals surface area (Å²) >= 11 is 1.78. The number of fused-ring (bicyclic) bond motifs is 1. The van der Waals surface area contributed by atoms with E-state index in [-0.39, 0.29) is 6.10 Å². The largest absolute Gasteiger partial charge is 0.392 e. The first-order chi connectivity index (χ1) is 11.1. The molecule has 3 rings (SSSR count). The van der Waals surface area contributed by atoms with Crippen molar-refractivity contribution in [2.75, 3.05) is 6.54 Å². The second kappa shape index (κ2) is 7.21. The number of hydrogen-bond donors (Lipinski definition) is 1. The zero-order chi connectivity index (χ0) is 16.2.